The number of hydrogen-bond acceptors (Lipinski definition) is 5. The number of thioether (sulfide) groups is 1. The van der Waals surface area contributed by atoms with Gasteiger partial charge in [-0.15, -0.1) is 11.8 Å². The summed E-state index contributed by atoms with van der Waals surface area (Å²) in [5.74, 6) is 1.89. The number of nitrogens with one attached hydrogen (secondary N) is 2. The molecule has 0 aromatic heterocycles. The molecule has 2 N–H and O–H groups in total. The van der Waals surface area contributed by atoms with Crippen molar-refractivity contribution in [3.05, 3.63) is 29.8 Å². The fraction of sp³-hybridized carbons (Fsp3) is 0.636. The van der Waals surface area contributed by atoms with E-state index in [4.69, 9.17) is 4.74 Å². The third kappa shape index (κ3) is 5.25. The lowest BCUT2D eigenvalue weighted by Gasteiger charge is -2.41. The van der Waals surface area contributed by atoms with Gasteiger partial charge in [0, 0.05) is 30.8 Å². The Bertz CT molecular complexity index is 739. The highest BCUT2D eigenvalue weighted by atomic mass is 32.2. The van der Waals surface area contributed by atoms with Crippen LogP contribution in [-0.4, -0.2) is 60.1 Å². The first-order valence-electron chi connectivity index (χ1n) is 10.3. The average Bonchev–Trinajstić information content (AvgIpc) is 3.11. The molecule has 0 aliphatic carbocycles. The van der Waals surface area contributed by atoms with Gasteiger partial charge in [0.05, 0.1) is 18.0 Å². The van der Waals surface area contributed by atoms with Gasteiger partial charge in [-0.25, -0.2) is 0 Å². The van der Waals surface area contributed by atoms with Gasteiger partial charge in [0.1, 0.15) is 5.75 Å². The minimum atomic E-state index is -0.343. The summed E-state index contributed by atoms with van der Waals surface area (Å²) in [5.41, 5.74) is 0.751. The van der Waals surface area contributed by atoms with Crippen LogP contribution in [0, 0.1) is 5.41 Å². The number of ether oxygens (including phenoxy) is 1. The molecule has 29 heavy (non-hydrogen) atoms. The number of rotatable bonds is 5. The normalized spacial score (nSPS) is 21.2. The van der Waals surface area contributed by atoms with Crippen LogP contribution in [0.25, 0.3) is 0 Å². The van der Waals surface area contributed by atoms with Crippen molar-refractivity contribution in [1.82, 2.24) is 15.5 Å². The Morgan fingerprint density at radius 2 is 1.97 bits per heavy atom. The van der Waals surface area contributed by atoms with Crippen LogP contribution in [0.3, 0.4) is 0 Å². The number of benzene rings is 1. The number of carbonyl (C=O) groups excluding carboxylic acids is 2. The zero-order chi connectivity index (χ0) is 21.1. The molecular formula is C22H33N3O3S. The maximum atomic E-state index is 12.6. The molecule has 0 bridgehead atoms. The van der Waals surface area contributed by atoms with Gasteiger partial charge < -0.3 is 15.0 Å². The first kappa shape index (κ1) is 22.0. The highest BCUT2D eigenvalue weighted by molar-refractivity contribution is 8.01. The van der Waals surface area contributed by atoms with E-state index < -0.39 is 0 Å². The van der Waals surface area contributed by atoms with Crippen LogP contribution in [0.4, 0.5) is 0 Å². The predicted octanol–water partition coefficient (Wildman–Crippen LogP) is 2.42. The van der Waals surface area contributed by atoms with Crippen molar-refractivity contribution in [2.24, 2.45) is 5.41 Å². The second-order valence-electron chi connectivity index (χ2n) is 8.90. The third-order valence-electron chi connectivity index (χ3n) is 5.67. The number of carbonyl (C=O) groups is 2. The molecule has 1 atom stereocenters. The van der Waals surface area contributed by atoms with Crippen molar-refractivity contribution >= 4 is 23.6 Å². The molecule has 160 valence electrons. The lowest BCUT2D eigenvalue weighted by atomic mass is 9.92. The van der Waals surface area contributed by atoms with Gasteiger partial charge in [-0.05, 0) is 30.9 Å². The molecule has 2 aliphatic heterocycles. The first-order chi connectivity index (χ1) is 13.7. The summed E-state index contributed by atoms with van der Waals surface area (Å²) >= 11 is 1.83. The van der Waals surface area contributed by atoms with E-state index in [0.717, 1.165) is 49.4 Å². The topological polar surface area (TPSA) is 70.7 Å². The van der Waals surface area contributed by atoms with Crippen LogP contribution in [-0.2, 0) is 16.0 Å². The summed E-state index contributed by atoms with van der Waals surface area (Å²) in [5, 5.41) is 6.62. The van der Waals surface area contributed by atoms with E-state index in [1.165, 1.54) is 0 Å². The molecule has 2 fully saturated rings. The minimum absolute atomic E-state index is 0.0532. The van der Waals surface area contributed by atoms with E-state index in [0.29, 0.717) is 6.54 Å². The molecule has 1 aromatic rings. The Morgan fingerprint density at radius 3 is 2.62 bits per heavy atom. The second-order valence-corrected chi connectivity index (χ2v) is 10.3. The number of likely N-dealkylation sites (tertiary alicyclic amines) is 1. The Balaban J connectivity index is 1.46. The van der Waals surface area contributed by atoms with E-state index in [-0.39, 0.29) is 28.1 Å². The molecule has 3 rings (SSSR count). The number of hydrogen-bond donors (Lipinski definition) is 2. The van der Waals surface area contributed by atoms with E-state index in [1.807, 2.05) is 61.7 Å². The summed E-state index contributed by atoms with van der Waals surface area (Å²) in [7, 11) is 1.66. The van der Waals surface area contributed by atoms with E-state index >= 15 is 0 Å². The molecule has 0 radical (unpaired) electrons. The van der Waals surface area contributed by atoms with Gasteiger partial charge >= 0.3 is 0 Å². The van der Waals surface area contributed by atoms with Crippen molar-refractivity contribution in [3.8, 4) is 5.75 Å². The zero-order valence-corrected chi connectivity index (χ0v) is 18.7. The Kier molecular flexibility index (Phi) is 6.79. The largest absolute Gasteiger partial charge is 0.496 e. The summed E-state index contributed by atoms with van der Waals surface area (Å²) in [4.78, 5) is 27.0. The van der Waals surface area contributed by atoms with E-state index in [9.17, 15) is 9.59 Å². The van der Waals surface area contributed by atoms with Crippen molar-refractivity contribution in [1.29, 1.82) is 0 Å². The van der Waals surface area contributed by atoms with Crippen LogP contribution in [0.15, 0.2) is 24.3 Å². The molecule has 2 heterocycles. The lowest BCUT2D eigenvalue weighted by molar-refractivity contribution is -0.140. The molecule has 2 aliphatic rings. The molecule has 7 heteroatoms. The second kappa shape index (κ2) is 8.96. The van der Waals surface area contributed by atoms with Crippen molar-refractivity contribution < 1.29 is 14.3 Å². The van der Waals surface area contributed by atoms with Crippen LogP contribution in [0.1, 0.15) is 39.2 Å². The summed E-state index contributed by atoms with van der Waals surface area (Å²) in [6, 6.07) is 7.71. The standard InChI is InChI=1S/C22H33N3O3S/c1-21(2,3)20(27)25-13-10-22(11-14-25)24-17(15-29-22)19(26)23-12-9-16-7-5-6-8-18(16)28-4/h5-8,17,24H,9-15H2,1-4H3,(H,23,26). The average molecular weight is 420 g/mol. The summed E-state index contributed by atoms with van der Waals surface area (Å²) in [6.45, 7) is 7.98. The van der Waals surface area contributed by atoms with Gasteiger partial charge in [-0.1, -0.05) is 39.0 Å². The van der Waals surface area contributed by atoms with E-state index in [2.05, 4.69) is 10.6 Å². The van der Waals surface area contributed by atoms with Crippen molar-refractivity contribution in [3.63, 3.8) is 0 Å². The molecule has 0 saturated carbocycles. The van der Waals surface area contributed by atoms with Crippen LogP contribution in [0.5, 0.6) is 5.75 Å². The fourth-order valence-electron chi connectivity index (χ4n) is 3.97. The zero-order valence-electron chi connectivity index (χ0n) is 17.9. The van der Waals surface area contributed by atoms with Gasteiger partial charge in [0.15, 0.2) is 0 Å². The quantitative estimate of drug-likeness (QED) is 0.767. The van der Waals surface area contributed by atoms with Crippen LogP contribution >= 0.6 is 11.8 Å². The van der Waals surface area contributed by atoms with Gasteiger partial charge in [0.2, 0.25) is 11.8 Å². The van der Waals surface area contributed by atoms with Crippen molar-refractivity contribution in [2.45, 2.75) is 50.9 Å². The highest BCUT2D eigenvalue weighted by Gasteiger charge is 2.45. The molecule has 6 nitrogen and oxygen atoms in total. The van der Waals surface area contributed by atoms with E-state index in [1.54, 1.807) is 7.11 Å². The highest BCUT2D eigenvalue weighted by Crippen LogP contribution is 2.39. The Morgan fingerprint density at radius 1 is 1.28 bits per heavy atom. The number of methoxy groups -OCH3 is 1. The molecule has 2 saturated heterocycles. The molecule has 1 aromatic carbocycles. The lowest BCUT2D eigenvalue weighted by Crippen LogP contribution is -2.55. The number of para-hydroxylation sites is 1. The maximum absolute atomic E-state index is 12.6. The predicted molar refractivity (Wildman–Crippen MR) is 117 cm³/mol. The maximum Gasteiger partial charge on any atom is 0.238 e. The van der Waals surface area contributed by atoms with Crippen molar-refractivity contribution in [2.75, 3.05) is 32.5 Å². The summed E-state index contributed by atoms with van der Waals surface area (Å²) < 4.78 is 5.37. The molecule has 1 spiro atoms. The summed E-state index contributed by atoms with van der Waals surface area (Å²) in [6.07, 6.45) is 2.50. The number of nitrogens with zero attached hydrogens (tertiary/aromatic N) is 1. The smallest absolute Gasteiger partial charge is 0.238 e. The molecule has 1 unspecified atom stereocenters. The Hall–Kier alpha value is -1.73. The van der Waals surface area contributed by atoms with Crippen LogP contribution in [0.2, 0.25) is 0 Å². The van der Waals surface area contributed by atoms with Gasteiger partial charge in [-0.2, -0.15) is 0 Å². The third-order valence-corrected chi connectivity index (χ3v) is 7.24. The molecule has 2 amide bonds. The van der Waals surface area contributed by atoms with Gasteiger partial charge in [-0.3, -0.25) is 14.9 Å². The van der Waals surface area contributed by atoms with Crippen LogP contribution < -0.4 is 15.4 Å². The first-order valence-corrected chi connectivity index (χ1v) is 11.3. The Labute approximate surface area is 178 Å². The SMILES string of the molecule is COc1ccccc1CCNC(=O)C1CSC2(CCN(C(=O)C(C)(C)C)CC2)N1. The molecular weight excluding hydrogens is 386 g/mol. The fourth-order valence-corrected chi connectivity index (χ4v) is 5.39. The minimum Gasteiger partial charge on any atom is -0.496 e. The monoisotopic (exact) mass is 419 g/mol. The number of amides is 2. The van der Waals surface area contributed by atoms with Gasteiger partial charge in [0.25, 0.3) is 0 Å². The number of piperidine rings is 1.